The maximum Gasteiger partial charge on any atom is 0.266 e. The molecule has 1 N–H and O–H groups in total. The first-order valence-corrected chi connectivity index (χ1v) is 12.0. The van der Waals surface area contributed by atoms with Crippen molar-refractivity contribution in [2.24, 2.45) is 5.92 Å². The van der Waals surface area contributed by atoms with E-state index in [1.165, 1.54) is 0 Å². The first-order valence-electron chi connectivity index (χ1n) is 10.3. The lowest BCUT2D eigenvalue weighted by Gasteiger charge is -2.17. The van der Waals surface area contributed by atoms with Gasteiger partial charge in [-0.2, -0.15) is 0 Å². The zero-order chi connectivity index (χ0) is 21.6. The normalized spacial score (nSPS) is 13.9. The van der Waals surface area contributed by atoms with E-state index in [2.05, 4.69) is 9.71 Å². The minimum absolute atomic E-state index is 0.00924. The van der Waals surface area contributed by atoms with E-state index in [1.807, 2.05) is 50.2 Å². The van der Waals surface area contributed by atoms with Gasteiger partial charge >= 0.3 is 0 Å². The maximum absolute atomic E-state index is 13.1. The molecule has 0 amide bonds. The predicted molar refractivity (Wildman–Crippen MR) is 118 cm³/mol. The molecule has 0 spiro atoms. The summed E-state index contributed by atoms with van der Waals surface area (Å²) >= 11 is 0. The van der Waals surface area contributed by atoms with Gasteiger partial charge in [-0.05, 0) is 42.9 Å². The van der Waals surface area contributed by atoms with Crippen molar-refractivity contribution in [1.29, 1.82) is 0 Å². The molecule has 2 aromatic carbocycles. The van der Waals surface area contributed by atoms with E-state index in [0.29, 0.717) is 36.3 Å². The van der Waals surface area contributed by atoms with Gasteiger partial charge in [-0.25, -0.2) is 18.1 Å². The molecule has 0 bridgehead atoms. The summed E-state index contributed by atoms with van der Waals surface area (Å²) in [6.07, 6.45) is 2.35. The Bertz CT molecular complexity index is 1040. The van der Waals surface area contributed by atoms with Gasteiger partial charge < -0.3 is 4.42 Å². The highest BCUT2D eigenvalue weighted by Gasteiger charge is 2.29. The molecule has 6 nitrogen and oxygen atoms in total. The van der Waals surface area contributed by atoms with Crippen LogP contribution in [0, 0.1) is 5.92 Å². The summed E-state index contributed by atoms with van der Waals surface area (Å²) in [4.78, 5) is 17.4. The summed E-state index contributed by atoms with van der Waals surface area (Å²) in [6, 6.07) is 15.8. The Morgan fingerprint density at radius 2 is 1.77 bits per heavy atom. The summed E-state index contributed by atoms with van der Waals surface area (Å²) in [5.74, 6) is -0.227. The summed E-state index contributed by atoms with van der Waals surface area (Å²) in [5, 5.41) is 0. The van der Waals surface area contributed by atoms with Crippen molar-refractivity contribution in [1.82, 2.24) is 9.71 Å². The summed E-state index contributed by atoms with van der Waals surface area (Å²) < 4.78 is 33.5. The highest BCUT2D eigenvalue weighted by molar-refractivity contribution is 7.89. The smallest absolute Gasteiger partial charge is 0.266 e. The van der Waals surface area contributed by atoms with E-state index in [1.54, 1.807) is 18.2 Å². The van der Waals surface area contributed by atoms with Gasteiger partial charge in [-0.3, -0.25) is 4.79 Å². The molecule has 0 saturated heterocycles. The van der Waals surface area contributed by atoms with Crippen LogP contribution in [0.4, 0.5) is 0 Å². The van der Waals surface area contributed by atoms with Crippen molar-refractivity contribution in [3.05, 3.63) is 66.1 Å². The second kappa shape index (κ2) is 10.00. The highest BCUT2D eigenvalue weighted by atomic mass is 32.2. The third-order valence-corrected chi connectivity index (χ3v) is 6.70. The molecule has 7 heteroatoms. The Labute approximate surface area is 177 Å². The van der Waals surface area contributed by atoms with Crippen LogP contribution in [0.3, 0.4) is 0 Å². The van der Waals surface area contributed by atoms with Crippen molar-refractivity contribution in [3.63, 3.8) is 0 Å². The summed E-state index contributed by atoms with van der Waals surface area (Å²) in [6.45, 7) is 4.05. The number of benzene rings is 2. The first-order chi connectivity index (χ1) is 14.4. The molecular formula is C23H28N2O4S. The van der Waals surface area contributed by atoms with Crippen LogP contribution in [-0.4, -0.2) is 31.0 Å². The van der Waals surface area contributed by atoms with Gasteiger partial charge in [0.1, 0.15) is 5.52 Å². The number of fused-ring (bicyclic) bond motifs is 1. The number of oxazole rings is 1. The van der Waals surface area contributed by atoms with Gasteiger partial charge in [0.05, 0.1) is 11.8 Å². The molecule has 0 saturated carbocycles. The number of ketones is 1. The van der Waals surface area contributed by atoms with Crippen molar-refractivity contribution in [2.45, 2.75) is 45.6 Å². The van der Waals surface area contributed by atoms with Gasteiger partial charge in [0, 0.05) is 0 Å². The molecule has 3 aromatic rings. The fourth-order valence-electron chi connectivity index (χ4n) is 3.16. The van der Waals surface area contributed by atoms with E-state index >= 15 is 0 Å². The van der Waals surface area contributed by atoms with Gasteiger partial charge in [0.15, 0.2) is 5.58 Å². The molecule has 3 rings (SSSR count). The van der Waals surface area contributed by atoms with Crippen molar-refractivity contribution >= 4 is 26.9 Å². The predicted octanol–water partition coefficient (Wildman–Crippen LogP) is 4.37. The highest BCUT2D eigenvalue weighted by Crippen LogP contribution is 2.18. The number of rotatable bonds is 11. The molecule has 1 aromatic heterocycles. The van der Waals surface area contributed by atoms with Crippen LogP contribution in [0.15, 0.2) is 59.0 Å². The quantitative estimate of drug-likeness (QED) is 0.458. The third-order valence-electron chi connectivity index (χ3n) is 5.28. The number of Topliss-reactive ketones (excluding diaryl/α,β-unsaturated/α-hetero) is 1. The van der Waals surface area contributed by atoms with Gasteiger partial charge in [-0.1, -0.05) is 62.7 Å². The van der Waals surface area contributed by atoms with Crippen molar-refractivity contribution in [2.75, 3.05) is 5.75 Å². The number of hydrogen-bond donors (Lipinski definition) is 1. The number of carbonyl (C=O) groups is 1. The average Bonchev–Trinajstić information content (AvgIpc) is 3.19. The number of hydrogen-bond acceptors (Lipinski definition) is 5. The Balaban J connectivity index is 1.79. The molecule has 30 heavy (non-hydrogen) atoms. The zero-order valence-corrected chi connectivity index (χ0v) is 18.2. The fraction of sp³-hybridized carbons (Fsp3) is 0.391. The topological polar surface area (TPSA) is 89.3 Å². The Hall–Kier alpha value is -2.51. The Kier molecular flexibility index (Phi) is 7.39. The fourth-order valence-corrected chi connectivity index (χ4v) is 4.65. The number of aryl methyl sites for hydroxylation is 1. The lowest BCUT2D eigenvalue weighted by molar-refractivity contribution is 0.0917. The SMILES string of the molecule is CCC(C)CCS(=O)(=O)NC(CCc1ccccc1)C(=O)c1nc2ccccc2o1. The molecule has 1 heterocycles. The maximum atomic E-state index is 13.1. The second-order valence-electron chi connectivity index (χ2n) is 7.67. The number of carbonyl (C=O) groups excluding carboxylic acids is 1. The number of sulfonamides is 1. The summed E-state index contributed by atoms with van der Waals surface area (Å²) in [7, 11) is -3.61. The van der Waals surface area contributed by atoms with Crippen molar-refractivity contribution < 1.29 is 17.6 Å². The van der Waals surface area contributed by atoms with Crippen LogP contribution >= 0.6 is 0 Å². The number of aromatic nitrogens is 1. The minimum Gasteiger partial charge on any atom is -0.434 e. The van der Waals surface area contributed by atoms with E-state index in [-0.39, 0.29) is 11.6 Å². The molecular weight excluding hydrogens is 400 g/mol. The van der Waals surface area contributed by atoms with Crippen LogP contribution in [0.5, 0.6) is 0 Å². The van der Waals surface area contributed by atoms with Crippen LogP contribution in [0.25, 0.3) is 11.1 Å². The standard InChI is InChI=1S/C23H28N2O4S/c1-3-17(2)15-16-30(27,28)25-20(14-13-18-9-5-4-6-10-18)22(26)23-24-19-11-7-8-12-21(19)29-23/h4-12,17,20,25H,3,13-16H2,1-2H3. The zero-order valence-electron chi connectivity index (χ0n) is 17.4. The lowest BCUT2D eigenvalue weighted by atomic mass is 10.0. The monoisotopic (exact) mass is 428 g/mol. The molecule has 160 valence electrons. The van der Waals surface area contributed by atoms with Crippen molar-refractivity contribution in [3.8, 4) is 0 Å². The minimum atomic E-state index is -3.61. The van der Waals surface area contributed by atoms with Gasteiger partial charge in [0.25, 0.3) is 5.89 Å². The van der Waals surface area contributed by atoms with Crippen LogP contribution in [-0.2, 0) is 16.4 Å². The van der Waals surface area contributed by atoms with Crippen LogP contribution in [0.1, 0.15) is 49.4 Å². The molecule has 2 unspecified atom stereocenters. The molecule has 0 radical (unpaired) electrons. The lowest BCUT2D eigenvalue weighted by Crippen LogP contribution is -2.42. The molecule has 2 atom stereocenters. The van der Waals surface area contributed by atoms with E-state index in [0.717, 1.165) is 12.0 Å². The van der Waals surface area contributed by atoms with E-state index < -0.39 is 21.8 Å². The largest absolute Gasteiger partial charge is 0.434 e. The Morgan fingerprint density at radius 1 is 1.07 bits per heavy atom. The molecule has 0 aliphatic rings. The average molecular weight is 429 g/mol. The molecule has 0 fully saturated rings. The Morgan fingerprint density at radius 3 is 2.47 bits per heavy atom. The molecule has 0 aliphatic carbocycles. The number of nitrogens with one attached hydrogen (secondary N) is 1. The molecule has 0 aliphatic heterocycles. The van der Waals surface area contributed by atoms with Gasteiger partial charge in [0.2, 0.25) is 15.8 Å². The van der Waals surface area contributed by atoms with Crippen LogP contribution < -0.4 is 4.72 Å². The third kappa shape index (κ3) is 6.00. The van der Waals surface area contributed by atoms with Gasteiger partial charge in [-0.15, -0.1) is 0 Å². The summed E-state index contributed by atoms with van der Waals surface area (Å²) in [5.41, 5.74) is 2.11. The first kappa shape index (κ1) is 22.2. The van der Waals surface area contributed by atoms with Crippen LogP contribution in [0.2, 0.25) is 0 Å². The number of nitrogens with zero attached hydrogens (tertiary/aromatic N) is 1. The second-order valence-corrected chi connectivity index (χ2v) is 9.54. The number of para-hydroxylation sites is 2. The van der Waals surface area contributed by atoms with E-state index in [9.17, 15) is 13.2 Å². The van der Waals surface area contributed by atoms with E-state index in [4.69, 9.17) is 4.42 Å².